The van der Waals surface area contributed by atoms with Crippen molar-refractivity contribution < 1.29 is 0 Å². The highest BCUT2D eigenvalue weighted by Gasteiger charge is 1.98. The van der Waals surface area contributed by atoms with Gasteiger partial charge < -0.3 is 0 Å². The standard InChI is InChI=1S/C14H16/c1-5-7-14-10-13(11(3)4)9-8-12(14)6-2/h5-10H,2-3H2,1,4H3/b7-5-. The third-order valence-corrected chi connectivity index (χ3v) is 2.15. The Kier molecular flexibility index (Phi) is 3.47. The maximum Gasteiger partial charge on any atom is -0.0181 e. The average molecular weight is 184 g/mol. The highest BCUT2D eigenvalue weighted by Crippen LogP contribution is 2.19. The van der Waals surface area contributed by atoms with Crippen molar-refractivity contribution in [2.24, 2.45) is 0 Å². The molecule has 1 aromatic rings. The molecule has 0 radical (unpaired) electrons. The topological polar surface area (TPSA) is 0 Å². The van der Waals surface area contributed by atoms with Gasteiger partial charge in [-0.1, -0.05) is 49.1 Å². The van der Waals surface area contributed by atoms with Gasteiger partial charge in [0.1, 0.15) is 0 Å². The van der Waals surface area contributed by atoms with E-state index in [0.717, 1.165) is 11.1 Å². The third-order valence-electron chi connectivity index (χ3n) is 2.15. The van der Waals surface area contributed by atoms with E-state index in [1.807, 2.05) is 26.0 Å². The van der Waals surface area contributed by atoms with Crippen molar-refractivity contribution >= 4 is 17.7 Å². The molecule has 0 atom stereocenters. The maximum absolute atomic E-state index is 3.93. The Morgan fingerprint density at radius 1 is 1.29 bits per heavy atom. The molecule has 0 aliphatic carbocycles. The summed E-state index contributed by atoms with van der Waals surface area (Å²) in [6.45, 7) is 11.8. The lowest BCUT2D eigenvalue weighted by Crippen LogP contribution is -1.84. The molecule has 0 bridgehead atoms. The first-order valence-electron chi connectivity index (χ1n) is 4.74. The number of rotatable bonds is 3. The lowest BCUT2D eigenvalue weighted by Gasteiger charge is -2.05. The summed E-state index contributed by atoms with van der Waals surface area (Å²) >= 11 is 0. The van der Waals surface area contributed by atoms with E-state index in [4.69, 9.17) is 0 Å². The zero-order chi connectivity index (χ0) is 10.6. The second kappa shape index (κ2) is 4.61. The minimum Gasteiger partial charge on any atom is -0.0984 e. The van der Waals surface area contributed by atoms with Crippen LogP contribution < -0.4 is 0 Å². The SMILES string of the molecule is C=Cc1ccc(C(=C)C)cc1/C=C\C. The van der Waals surface area contributed by atoms with Crippen LogP contribution in [0.5, 0.6) is 0 Å². The summed E-state index contributed by atoms with van der Waals surface area (Å²) in [7, 11) is 0. The van der Waals surface area contributed by atoms with Crippen LogP contribution in [0.15, 0.2) is 37.4 Å². The summed E-state index contributed by atoms with van der Waals surface area (Å²) in [5, 5.41) is 0. The van der Waals surface area contributed by atoms with Crippen molar-refractivity contribution in [3.05, 3.63) is 54.1 Å². The molecule has 1 aromatic carbocycles. The summed E-state index contributed by atoms with van der Waals surface area (Å²) < 4.78 is 0. The Hall–Kier alpha value is -1.56. The zero-order valence-corrected chi connectivity index (χ0v) is 8.88. The van der Waals surface area contributed by atoms with Gasteiger partial charge in [0, 0.05) is 0 Å². The molecule has 0 unspecified atom stereocenters. The average Bonchev–Trinajstić information content (AvgIpc) is 2.18. The molecule has 0 N–H and O–H groups in total. The maximum atomic E-state index is 3.93. The Labute approximate surface area is 86.3 Å². The van der Waals surface area contributed by atoms with Gasteiger partial charge in [-0.25, -0.2) is 0 Å². The van der Waals surface area contributed by atoms with Crippen LogP contribution in [-0.4, -0.2) is 0 Å². The van der Waals surface area contributed by atoms with Crippen LogP contribution in [0.3, 0.4) is 0 Å². The first-order valence-corrected chi connectivity index (χ1v) is 4.74. The number of hydrogen-bond donors (Lipinski definition) is 0. The highest BCUT2D eigenvalue weighted by atomic mass is 14.0. The fourth-order valence-electron chi connectivity index (χ4n) is 1.35. The van der Waals surface area contributed by atoms with Crippen molar-refractivity contribution in [3.63, 3.8) is 0 Å². The monoisotopic (exact) mass is 184 g/mol. The molecule has 1 rings (SSSR count). The summed E-state index contributed by atoms with van der Waals surface area (Å²) in [5.74, 6) is 0. The van der Waals surface area contributed by atoms with E-state index < -0.39 is 0 Å². The van der Waals surface area contributed by atoms with Crippen LogP contribution >= 0.6 is 0 Å². The molecule has 0 spiro atoms. The van der Waals surface area contributed by atoms with Crippen LogP contribution in [0, 0.1) is 0 Å². The van der Waals surface area contributed by atoms with Gasteiger partial charge in [0.2, 0.25) is 0 Å². The highest BCUT2D eigenvalue weighted by molar-refractivity contribution is 5.71. The van der Waals surface area contributed by atoms with E-state index in [0.29, 0.717) is 0 Å². The Bertz CT molecular complexity index is 381. The lowest BCUT2D eigenvalue weighted by molar-refractivity contribution is 1.53. The van der Waals surface area contributed by atoms with Crippen LogP contribution in [0.2, 0.25) is 0 Å². The molecule has 0 aromatic heterocycles. The minimum atomic E-state index is 1.09. The largest absolute Gasteiger partial charge is 0.0984 e. The second-order valence-corrected chi connectivity index (χ2v) is 3.33. The van der Waals surface area contributed by atoms with Gasteiger partial charge in [0.05, 0.1) is 0 Å². The molecule has 0 aliphatic rings. The normalized spacial score (nSPS) is 10.4. The Morgan fingerprint density at radius 2 is 2.00 bits per heavy atom. The van der Waals surface area contributed by atoms with Gasteiger partial charge in [0.15, 0.2) is 0 Å². The first-order chi connectivity index (χ1) is 6.69. The van der Waals surface area contributed by atoms with E-state index in [1.165, 1.54) is 11.1 Å². The molecule has 0 heterocycles. The predicted octanol–water partition coefficient (Wildman–Crippen LogP) is 4.40. The summed E-state index contributed by atoms with van der Waals surface area (Å²) in [6, 6.07) is 6.29. The first kappa shape index (κ1) is 10.5. The smallest absolute Gasteiger partial charge is 0.0181 e. The van der Waals surface area contributed by atoms with Gasteiger partial charge >= 0.3 is 0 Å². The molecule has 0 heteroatoms. The van der Waals surface area contributed by atoms with Crippen LogP contribution in [-0.2, 0) is 0 Å². The summed E-state index contributed by atoms with van der Waals surface area (Å²) in [5.41, 5.74) is 4.63. The summed E-state index contributed by atoms with van der Waals surface area (Å²) in [4.78, 5) is 0. The molecular formula is C14H16. The van der Waals surface area contributed by atoms with E-state index in [9.17, 15) is 0 Å². The molecule has 0 saturated heterocycles. The quantitative estimate of drug-likeness (QED) is 0.653. The molecule has 0 saturated carbocycles. The molecule has 0 amide bonds. The Morgan fingerprint density at radius 3 is 2.50 bits per heavy atom. The summed E-state index contributed by atoms with van der Waals surface area (Å²) in [6.07, 6.45) is 5.99. The molecule has 72 valence electrons. The molecule has 0 aliphatic heterocycles. The van der Waals surface area contributed by atoms with Gasteiger partial charge in [0.25, 0.3) is 0 Å². The van der Waals surface area contributed by atoms with Crippen LogP contribution in [0.1, 0.15) is 30.5 Å². The number of allylic oxidation sites excluding steroid dienone is 2. The van der Waals surface area contributed by atoms with Gasteiger partial charge in [-0.15, -0.1) is 0 Å². The van der Waals surface area contributed by atoms with Crippen LogP contribution in [0.25, 0.3) is 17.7 Å². The second-order valence-electron chi connectivity index (χ2n) is 3.33. The number of hydrogen-bond acceptors (Lipinski definition) is 0. The van der Waals surface area contributed by atoms with E-state index >= 15 is 0 Å². The molecule has 14 heavy (non-hydrogen) atoms. The molecular weight excluding hydrogens is 168 g/mol. The Balaban J connectivity index is 3.27. The number of benzene rings is 1. The van der Waals surface area contributed by atoms with Crippen molar-refractivity contribution in [2.75, 3.05) is 0 Å². The predicted molar refractivity (Wildman–Crippen MR) is 65.9 cm³/mol. The van der Waals surface area contributed by atoms with Crippen LogP contribution in [0.4, 0.5) is 0 Å². The van der Waals surface area contributed by atoms with Gasteiger partial charge in [-0.05, 0) is 36.6 Å². The third kappa shape index (κ3) is 2.23. The van der Waals surface area contributed by atoms with E-state index in [2.05, 4.69) is 37.4 Å². The van der Waals surface area contributed by atoms with E-state index in [-0.39, 0.29) is 0 Å². The lowest BCUT2D eigenvalue weighted by atomic mass is 10.0. The van der Waals surface area contributed by atoms with Gasteiger partial charge in [-0.2, -0.15) is 0 Å². The minimum absolute atomic E-state index is 1.09. The van der Waals surface area contributed by atoms with E-state index in [1.54, 1.807) is 0 Å². The zero-order valence-electron chi connectivity index (χ0n) is 8.88. The van der Waals surface area contributed by atoms with Gasteiger partial charge in [-0.3, -0.25) is 0 Å². The fourth-order valence-corrected chi connectivity index (χ4v) is 1.35. The van der Waals surface area contributed by atoms with Crippen molar-refractivity contribution in [1.82, 2.24) is 0 Å². The molecule has 0 fully saturated rings. The van der Waals surface area contributed by atoms with Crippen molar-refractivity contribution in [2.45, 2.75) is 13.8 Å². The fraction of sp³-hybridized carbons (Fsp3) is 0.143. The van der Waals surface area contributed by atoms with Crippen molar-refractivity contribution in [1.29, 1.82) is 0 Å². The molecule has 0 nitrogen and oxygen atoms in total. The van der Waals surface area contributed by atoms with Crippen molar-refractivity contribution in [3.8, 4) is 0 Å².